The summed E-state index contributed by atoms with van der Waals surface area (Å²) in [4.78, 5) is 4.42. The third-order valence-corrected chi connectivity index (χ3v) is 2.96. The molecule has 0 unspecified atom stereocenters. The van der Waals surface area contributed by atoms with Crippen molar-refractivity contribution in [3.05, 3.63) is 29.6 Å². The molecule has 0 saturated carbocycles. The topological polar surface area (TPSA) is 12.9 Å². The van der Waals surface area contributed by atoms with E-state index in [1.54, 1.807) is 0 Å². The highest BCUT2D eigenvalue weighted by molar-refractivity contribution is 7.98. The highest BCUT2D eigenvalue weighted by Gasteiger charge is 1.94. The number of thioether (sulfide) groups is 1. The summed E-state index contributed by atoms with van der Waals surface area (Å²) in [7, 11) is 0. The summed E-state index contributed by atoms with van der Waals surface area (Å²) in [5, 5.41) is 0. The molecule has 72 valence electrons. The molecule has 1 aromatic heterocycles. The molecule has 13 heavy (non-hydrogen) atoms. The van der Waals surface area contributed by atoms with Gasteiger partial charge in [-0.25, -0.2) is 0 Å². The van der Waals surface area contributed by atoms with Crippen LogP contribution in [0.1, 0.15) is 17.8 Å². The Kier molecular flexibility index (Phi) is 5.25. The number of hydrogen-bond donors (Lipinski definition) is 0. The van der Waals surface area contributed by atoms with Crippen molar-refractivity contribution in [1.29, 1.82) is 0 Å². The molecule has 0 radical (unpaired) electrons. The van der Waals surface area contributed by atoms with Gasteiger partial charge in [0.2, 0.25) is 0 Å². The standard InChI is InChI=1S/C10H14ClNS/c1-9-4-2-5-10(12-9)8-13-7-3-6-11/h2,4-5H,3,6-8H2,1H3. The van der Waals surface area contributed by atoms with Crippen LogP contribution < -0.4 is 0 Å². The molecule has 0 N–H and O–H groups in total. The largest absolute Gasteiger partial charge is 0.257 e. The molecular formula is C10H14ClNS. The van der Waals surface area contributed by atoms with Gasteiger partial charge in [-0.3, -0.25) is 4.98 Å². The van der Waals surface area contributed by atoms with Gasteiger partial charge in [0, 0.05) is 17.3 Å². The van der Waals surface area contributed by atoms with Gasteiger partial charge >= 0.3 is 0 Å². The SMILES string of the molecule is Cc1cccc(CSCCCCl)n1. The minimum atomic E-state index is 0.758. The molecule has 3 heteroatoms. The zero-order valence-electron chi connectivity index (χ0n) is 7.79. The molecule has 0 aliphatic carbocycles. The molecule has 0 aromatic carbocycles. The zero-order valence-corrected chi connectivity index (χ0v) is 9.37. The van der Waals surface area contributed by atoms with Gasteiger partial charge in [0.25, 0.3) is 0 Å². The molecule has 0 saturated heterocycles. The summed E-state index contributed by atoms with van der Waals surface area (Å²) < 4.78 is 0. The highest BCUT2D eigenvalue weighted by atomic mass is 35.5. The molecule has 0 aliphatic heterocycles. The number of hydrogen-bond acceptors (Lipinski definition) is 2. The van der Waals surface area contributed by atoms with Gasteiger partial charge in [0.05, 0.1) is 5.69 Å². The van der Waals surface area contributed by atoms with Crippen molar-refractivity contribution >= 4 is 23.4 Å². The number of halogens is 1. The fourth-order valence-corrected chi connectivity index (χ4v) is 2.17. The van der Waals surface area contributed by atoms with E-state index < -0.39 is 0 Å². The van der Waals surface area contributed by atoms with E-state index >= 15 is 0 Å². The van der Waals surface area contributed by atoms with E-state index in [0.29, 0.717) is 0 Å². The summed E-state index contributed by atoms with van der Waals surface area (Å²) in [5.74, 6) is 2.88. The first-order valence-electron chi connectivity index (χ1n) is 4.39. The van der Waals surface area contributed by atoms with Crippen LogP contribution in [0.4, 0.5) is 0 Å². The zero-order chi connectivity index (χ0) is 9.52. The third-order valence-electron chi connectivity index (χ3n) is 1.62. The second-order valence-electron chi connectivity index (χ2n) is 2.87. The van der Waals surface area contributed by atoms with Crippen LogP contribution in [-0.2, 0) is 5.75 Å². The maximum absolute atomic E-state index is 5.58. The minimum absolute atomic E-state index is 0.758. The number of aromatic nitrogens is 1. The van der Waals surface area contributed by atoms with Crippen LogP contribution in [0.15, 0.2) is 18.2 Å². The van der Waals surface area contributed by atoms with E-state index in [2.05, 4.69) is 17.1 Å². The summed E-state index contributed by atoms with van der Waals surface area (Å²) in [5.41, 5.74) is 2.26. The number of pyridine rings is 1. The molecule has 0 atom stereocenters. The van der Waals surface area contributed by atoms with Gasteiger partial charge < -0.3 is 0 Å². The lowest BCUT2D eigenvalue weighted by atomic mass is 10.3. The van der Waals surface area contributed by atoms with Crippen LogP contribution in [0.25, 0.3) is 0 Å². The van der Waals surface area contributed by atoms with Crippen molar-refractivity contribution in [3.8, 4) is 0 Å². The monoisotopic (exact) mass is 215 g/mol. The van der Waals surface area contributed by atoms with Gasteiger partial charge in [-0.2, -0.15) is 11.8 Å². The Bertz CT molecular complexity index is 252. The van der Waals surface area contributed by atoms with Crippen LogP contribution in [0, 0.1) is 6.92 Å². The average Bonchev–Trinajstić information content (AvgIpc) is 2.13. The maximum atomic E-state index is 5.58. The smallest absolute Gasteiger partial charge is 0.0505 e. The summed E-state index contributed by atoms with van der Waals surface area (Å²) in [6.07, 6.45) is 1.08. The van der Waals surface area contributed by atoms with Crippen molar-refractivity contribution in [2.75, 3.05) is 11.6 Å². The predicted molar refractivity (Wildman–Crippen MR) is 60.5 cm³/mol. The molecule has 0 spiro atoms. The Morgan fingerprint density at radius 2 is 2.31 bits per heavy atom. The van der Waals surface area contributed by atoms with Crippen LogP contribution in [0.5, 0.6) is 0 Å². The first-order chi connectivity index (χ1) is 6.33. The van der Waals surface area contributed by atoms with E-state index in [0.717, 1.165) is 29.5 Å². The minimum Gasteiger partial charge on any atom is -0.257 e. The predicted octanol–water partition coefficient (Wildman–Crippen LogP) is 3.25. The van der Waals surface area contributed by atoms with Gasteiger partial charge in [-0.15, -0.1) is 11.6 Å². The summed E-state index contributed by atoms with van der Waals surface area (Å²) >= 11 is 7.47. The third kappa shape index (κ3) is 4.53. The van der Waals surface area contributed by atoms with Crippen LogP contribution in [0.3, 0.4) is 0 Å². The van der Waals surface area contributed by atoms with Gasteiger partial charge in [0.15, 0.2) is 0 Å². The quantitative estimate of drug-likeness (QED) is 0.553. The van der Waals surface area contributed by atoms with Crippen molar-refractivity contribution in [2.45, 2.75) is 19.1 Å². The molecular weight excluding hydrogens is 202 g/mol. The van der Waals surface area contributed by atoms with E-state index in [1.165, 1.54) is 5.69 Å². The van der Waals surface area contributed by atoms with E-state index in [-0.39, 0.29) is 0 Å². The van der Waals surface area contributed by atoms with Crippen molar-refractivity contribution in [2.24, 2.45) is 0 Å². The lowest BCUT2D eigenvalue weighted by Gasteiger charge is -2.00. The normalized spacial score (nSPS) is 10.3. The van der Waals surface area contributed by atoms with Gasteiger partial charge in [-0.1, -0.05) is 6.07 Å². The fourth-order valence-electron chi connectivity index (χ4n) is 1.01. The number of alkyl halides is 1. The second kappa shape index (κ2) is 6.28. The first kappa shape index (κ1) is 10.9. The highest BCUT2D eigenvalue weighted by Crippen LogP contribution is 2.11. The Morgan fingerprint density at radius 3 is 3.00 bits per heavy atom. The van der Waals surface area contributed by atoms with Crippen molar-refractivity contribution in [3.63, 3.8) is 0 Å². The van der Waals surface area contributed by atoms with Crippen LogP contribution in [0.2, 0.25) is 0 Å². The molecule has 0 aliphatic rings. The Hall–Kier alpha value is -0.210. The van der Waals surface area contributed by atoms with E-state index in [4.69, 9.17) is 11.6 Å². The van der Waals surface area contributed by atoms with E-state index in [9.17, 15) is 0 Å². The lowest BCUT2D eigenvalue weighted by molar-refractivity contribution is 1.09. The summed E-state index contributed by atoms with van der Waals surface area (Å²) in [6, 6.07) is 6.15. The molecule has 1 aromatic rings. The molecule has 0 amide bonds. The van der Waals surface area contributed by atoms with Gasteiger partial charge in [-0.05, 0) is 31.2 Å². The Balaban J connectivity index is 2.28. The van der Waals surface area contributed by atoms with Crippen molar-refractivity contribution in [1.82, 2.24) is 4.98 Å². The molecule has 0 bridgehead atoms. The molecule has 1 rings (SSSR count). The number of aryl methyl sites for hydroxylation is 1. The lowest BCUT2D eigenvalue weighted by Crippen LogP contribution is -1.90. The van der Waals surface area contributed by atoms with Crippen LogP contribution >= 0.6 is 23.4 Å². The number of rotatable bonds is 5. The molecule has 0 fully saturated rings. The molecule has 1 nitrogen and oxygen atoms in total. The Morgan fingerprint density at radius 1 is 1.46 bits per heavy atom. The molecule has 1 heterocycles. The van der Waals surface area contributed by atoms with E-state index in [1.807, 2.05) is 24.8 Å². The summed E-state index contributed by atoms with van der Waals surface area (Å²) in [6.45, 7) is 2.02. The first-order valence-corrected chi connectivity index (χ1v) is 6.08. The number of nitrogens with zero attached hydrogens (tertiary/aromatic N) is 1. The average molecular weight is 216 g/mol. The van der Waals surface area contributed by atoms with Crippen molar-refractivity contribution < 1.29 is 0 Å². The Labute approximate surface area is 88.9 Å². The fraction of sp³-hybridized carbons (Fsp3) is 0.500. The van der Waals surface area contributed by atoms with Gasteiger partial charge in [0.1, 0.15) is 0 Å². The van der Waals surface area contributed by atoms with Crippen LogP contribution in [-0.4, -0.2) is 16.6 Å². The second-order valence-corrected chi connectivity index (χ2v) is 4.35. The maximum Gasteiger partial charge on any atom is 0.0505 e.